The van der Waals surface area contributed by atoms with Crippen molar-refractivity contribution in [2.24, 2.45) is 0 Å². The minimum absolute atomic E-state index is 0.224. The lowest BCUT2D eigenvalue weighted by Crippen LogP contribution is -2.32. The molecule has 1 aliphatic rings. The molecule has 0 fully saturated rings. The summed E-state index contributed by atoms with van der Waals surface area (Å²) in [7, 11) is 1.58. The lowest BCUT2D eigenvalue weighted by Gasteiger charge is -2.17. The third kappa shape index (κ3) is 4.52. The van der Waals surface area contributed by atoms with Crippen molar-refractivity contribution in [2.75, 3.05) is 17.3 Å². The van der Waals surface area contributed by atoms with Gasteiger partial charge in [0.15, 0.2) is 0 Å². The van der Waals surface area contributed by atoms with E-state index in [9.17, 15) is 9.59 Å². The van der Waals surface area contributed by atoms with Crippen molar-refractivity contribution in [1.82, 2.24) is 0 Å². The monoisotopic (exact) mass is 464 g/mol. The molecular weight excluding hydrogens is 444 g/mol. The minimum atomic E-state index is -0.403. The Morgan fingerprint density at radius 2 is 1.59 bits per heavy atom. The molecule has 5 nitrogen and oxygen atoms in total. The third-order valence-electron chi connectivity index (χ3n) is 4.88. The van der Waals surface area contributed by atoms with Crippen LogP contribution < -0.4 is 15.0 Å². The van der Waals surface area contributed by atoms with Gasteiger partial charge in [-0.1, -0.05) is 35.5 Å². The van der Waals surface area contributed by atoms with Crippen molar-refractivity contribution < 1.29 is 14.3 Å². The molecule has 1 heterocycles. The average molecular weight is 465 g/mol. The van der Waals surface area contributed by atoms with Gasteiger partial charge >= 0.3 is 0 Å². The van der Waals surface area contributed by atoms with E-state index in [0.717, 1.165) is 16.0 Å². The van der Waals surface area contributed by atoms with Crippen molar-refractivity contribution in [3.8, 4) is 5.75 Å². The Morgan fingerprint density at radius 3 is 2.25 bits per heavy atom. The van der Waals surface area contributed by atoms with Gasteiger partial charge in [0.2, 0.25) is 0 Å². The first-order chi connectivity index (χ1) is 15.4. The molecule has 3 aromatic rings. The third-order valence-corrected chi connectivity index (χ3v) is 6.22. The van der Waals surface area contributed by atoms with Crippen molar-refractivity contribution >= 4 is 46.6 Å². The molecule has 0 saturated carbocycles. The molecule has 0 atom stereocenters. The van der Waals surface area contributed by atoms with Crippen molar-refractivity contribution in [3.05, 3.63) is 93.5 Å². The summed E-state index contributed by atoms with van der Waals surface area (Å²) in [5.41, 5.74) is 3.37. The van der Waals surface area contributed by atoms with Gasteiger partial charge in [0, 0.05) is 21.7 Å². The summed E-state index contributed by atoms with van der Waals surface area (Å²) in [5, 5.41) is 3.75. The van der Waals surface area contributed by atoms with E-state index in [1.807, 2.05) is 62.4 Å². The number of halogens is 1. The summed E-state index contributed by atoms with van der Waals surface area (Å²) in [6.45, 7) is 3.88. The molecule has 7 heteroatoms. The van der Waals surface area contributed by atoms with Crippen LogP contribution in [0.1, 0.15) is 11.1 Å². The number of anilines is 2. The zero-order valence-corrected chi connectivity index (χ0v) is 19.4. The van der Waals surface area contributed by atoms with Crippen LogP contribution in [0.3, 0.4) is 0 Å². The maximum atomic E-state index is 13.5. The van der Waals surface area contributed by atoms with Crippen LogP contribution in [-0.2, 0) is 9.59 Å². The first-order valence-corrected chi connectivity index (χ1v) is 11.1. The van der Waals surface area contributed by atoms with Crippen molar-refractivity contribution in [2.45, 2.75) is 18.7 Å². The van der Waals surface area contributed by atoms with Crippen LogP contribution >= 0.6 is 23.4 Å². The van der Waals surface area contributed by atoms with Gasteiger partial charge in [0.25, 0.3) is 11.8 Å². The Kier molecular flexibility index (Phi) is 6.26. The molecule has 4 rings (SSSR count). The number of aryl methyl sites for hydroxylation is 2. The van der Waals surface area contributed by atoms with Crippen LogP contribution in [-0.4, -0.2) is 18.9 Å². The number of rotatable bonds is 6. The number of benzene rings is 3. The van der Waals surface area contributed by atoms with Crippen LogP contribution in [0.2, 0.25) is 5.02 Å². The predicted molar refractivity (Wildman–Crippen MR) is 129 cm³/mol. The number of nitrogens with one attached hydrogen (secondary N) is 1. The number of amides is 2. The standard InChI is InChI=1S/C25H21ClN2O3S/c1-15-11-16(2)13-19(12-15)28-24(29)22(27-18-5-4-6-20(14-18)31-3)23(25(28)30)32-21-9-7-17(26)8-10-21/h4-14,27H,1-3H3. The van der Waals surface area contributed by atoms with Gasteiger partial charge in [-0.3, -0.25) is 9.59 Å². The Hall–Kier alpha value is -3.22. The number of ether oxygens (including phenoxy) is 1. The topological polar surface area (TPSA) is 58.6 Å². The highest BCUT2D eigenvalue weighted by Gasteiger charge is 2.40. The number of nitrogens with zero attached hydrogens (tertiary/aromatic N) is 1. The number of thioether (sulfide) groups is 1. The van der Waals surface area contributed by atoms with Crippen molar-refractivity contribution in [1.29, 1.82) is 0 Å². The summed E-state index contributed by atoms with van der Waals surface area (Å²) in [6, 6.07) is 20.0. The highest BCUT2D eigenvalue weighted by molar-refractivity contribution is 8.04. The fraction of sp³-hybridized carbons (Fsp3) is 0.120. The van der Waals surface area contributed by atoms with E-state index in [4.69, 9.17) is 16.3 Å². The lowest BCUT2D eigenvalue weighted by atomic mass is 10.1. The maximum absolute atomic E-state index is 13.5. The van der Waals surface area contributed by atoms with E-state index in [1.54, 1.807) is 25.3 Å². The molecule has 0 aliphatic carbocycles. The summed E-state index contributed by atoms with van der Waals surface area (Å²) in [5.74, 6) is -0.130. The smallest absolute Gasteiger partial charge is 0.283 e. The van der Waals surface area contributed by atoms with E-state index in [2.05, 4.69) is 5.32 Å². The average Bonchev–Trinajstić information content (AvgIpc) is 2.98. The second-order valence-electron chi connectivity index (χ2n) is 7.41. The zero-order chi connectivity index (χ0) is 22.8. The molecule has 2 amide bonds. The molecule has 0 unspecified atom stereocenters. The summed E-state index contributed by atoms with van der Waals surface area (Å²) < 4.78 is 5.28. The molecule has 0 radical (unpaired) electrons. The highest BCUT2D eigenvalue weighted by Crippen LogP contribution is 2.38. The van der Waals surface area contributed by atoms with Gasteiger partial charge in [-0.15, -0.1) is 0 Å². The Labute approximate surface area is 196 Å². The van der Waals surface area contributed by atoms with Gasteiger partial charge < -0.3 is 10.1 Å². The van der Waals surface area contributed by atoms with Crippen LogP contribution in [0.15, 0.2) is 82.2 Å². The van der Waals surface area contributed by atoms with E-state index in [-0.39, 0.29) is 11.6 Å². The number of hydrogen-bond acceptors (Lipinski definition) is 5. The molecule has 32 heavy (non-hydrogen) atoms. The first-order valence-electron chi connectivity index (χ1n) is 9.91. The fourth-order valence-electron chi connectivity index (χ4n) is 3.49. The summed E-state index contributed by atoms with van der Waals surface area (Å²) >= 11 is 7.23. The summed E-state index contributed by atoms with van der Waals surface area (Å²) in [4.78, 5) is 29.3. The van der Waals surface area contributed by atoms with Gasteiger partial charge in [-0.2, -0.15) is 0 Å². The van der Waals surface area contributed by atoms with Crippen LogP contribution in [0, 0.1) is 13.8 Å². The SMILES string of the molecule is COc1cccc(NC2=C(Sc3ccc(Cl)cc3)C(=O)N(c3cc(C)cc(C)c3)C2=O)c1. The zero-order valence-electron chi connectivity index (χ0n) is 17.8. The van der Waals surface area contributed by atoms with E-state index < -0.39 is 5.91 Å². The fourth-order valence-corrected chi connectivity index (χ4v) is 4.55. The first kappa shape index (κ1) is 22.0. The molecule has 0 bridgehead atoms. The minimum Gasteiger partial charge on any atom is -0.497 e. The Balaban J connectivity index is 1.76. The van der Waals surface area contributed by atoms with E-state index in [0.29, 0.717) is 27.1 Å². The molecule has 0 aromatic heterocycles. The Bertz CT molecular complexity index is 1220. The second-order valence-corrected chi connectivity index (χ2v) is 8.93. The molecular formula is C25H21ClN2O3S. The second kappa shape index (κ2) is 9.10. The van der Waals surface area contributed by atoms with Gasteiger partial charge in [-0.05, 0) is 73.5 Å². The maximum Gasteiger partial charge on any atom is 0.283 e. The molecule has 3 aromatic carbocycles. The molecule has 162 valence electrons. The molecule has 1 N–H and O–H groups in total. The van der Waals surface area contributed by atoms with E-state index >= 15 is 0 Å². The number of methoxy groups -OCH3 is 1. The largest absolute Gasteiger partial charge is 0.497 e. The van der Waals surface area contributed by atoms with Crippen LogP contribution in [0.5, 0.6) is 5.75 Å². The number of imide groups is 1. The quantitative estimate of drug-likeness (QED) is 0.456. The number of carbonyl (C=O) groups is 2. The highest BCUT2D eigenvalue weighted by atomic mass is 35.5. The number of hydrogen-bond donors (Lipinski definition) is 1. The summed E-state index contributed by atoms with van der Waals surface area (Å²) in [6.07, 6.45) is 0. The molecule has 0 saturated heterocycles. The molecule has 1 aliphatic heterocycles. The Morgan fingerprint density at radius 1 is 0.906 bits per heavy atom. The van der Waals surface area contributed by atoms with Gasteiger partial charge in [0.05, 0.1) is 12.8 Å². The van der Waals surface area contributed by atoms with Crippen molar-refractivity contribution in [3.63, 3.8) is 0 Å². The van der Waals surface area contributed by atoms with Crippen LogP contribution in [0.4, 0.5) is 11.4 Å². The predicted octanol–water partition coefficient (Wildman–Crippen LogP) is 5.95. The van der Waals surface area contributed by atoms with Gasteiger partial charge in [-0.25, -0.2) is 4.90 Å². The normalized spacial score (nSPS) is 13.7. The van der Waals surface area contributed by atoms with Crippen LogP contribution in [0.25, 0.3) is 0 Å². The molecule has 0 spiro atoms. The van der Waals surface area contributed by atoms with E-state index in [1.165, 1.54) is 16.7 Å². The lowest BCUT2D eigenvalue weighted by molar-refractivity contribution is -0.120. The van der Waals surface area contributed by atoms with Gasteiger partial charge in [0.1, 0.15) is 16.4 Å². The number of carbonyl (C=O) groups excluding carboxylic acids is 2.